The van der Waals surface area contributed by atoms with Crippen LogP contribution in [0, 0.1) is 0 Å². The third-order valence-electron chi connectivity index (χ3n) is 0.750. The fourth-order valence-corrected chi connectivity index (χ4v) is 0.406. The highest BCUT2D eigenvalue weighted by atomic mass is 13.9. The molecule has 0 aliphatic carbocycles. The quantitative estimate of drug-likeness (QED) is 0.618. The molecule has 0 fully saturated rings. The van der Waals surface area contributed by atoms with E-state index in [2.05, 4.69) is 0 Å². The first kappa shape index (κ1) is 1.16. The molecule has 0 radical (unpaired) electrons. The molecule has 0 bridgehead atoms. The van der Waals surface area contributed by atoms with Gasteiger partial charge in [-0.1, -0.05) is 43.4 Å². The molecule has 0 heterocycles. The predicted octanol–water partition coefficient (Wildman–Crippen LogP) is 3.03. The average Bonchev–Trinajstić information content (AvgIpc) is 2.41. The molecule has 1 aromatic carbocycles. The van der Waals surface area contributed by atoms with Gasteiger partial charge in [0.05, 0.1) is 6.85 Å². The van der Waals surface area contributed by atoms with Crippen molar-refractivity contribution in [1.29, 1.82) is 0 Å². The first-order valence-corrected chi connectivity index (χ1v) is 2.50. The van der Waals surface area contributed by atoms with Gasteiger partial charge in [-0.15, -0.1) is 0 Å². The van der Waals surface area contributed by atoms with Crippen molar-refractivity contribution in [1.82, 2.24) is 0 Å². The van der Waals surface area contributed by atoms with Gasteiger partial charge in [0.25, 0.3) is 0 Å². The van der Waals surface area contributed by atoms with Crippen LogP contribution in [0.4, 0.5) is 0 Å². The van der Waals surface area contributed by atoms with Crippen molar-refractivity contribution in [2.75, 3.05) is 0 Å². The Morgan fingerprint density at radius 2 is 2.30 bits per heavy atom. The lowest BCUT2D eigenvalue weighted by Crippen LogP contribution is -1.81. The molecule has 0 saturated carbocycles. The Kier molecular flexibility index (Phi) is 0.474. The molecule has 0 aliphatic heterocycles. The SMILES string of the molecule is [2H]c1c([2H])c([2H])c(C([2H])([2H])C([2H])([2H])C([2H])([2H])C([2H])([2H])[2H])c([2H])c1[2H]. The number of hydrogen-bond donors (Lipinski definition) is 0. The maximum absolute atomic E-state index is 7.88. The molecule has 0 aromatic heterocycles. The normalized spacial score (nSPS) is 35.6. The van der Waals surface area contributed by atoms with Gasteiger partial charge in [-0.2, -0.15) is 0 Å². The predicted molar refractivity (Wildman–Crippen MR) is 45.1 cm³/mol. The van der Waals surface area contributed by atoms with Crippen molar-refractivity contribution in [3.8, 4) is 0 Å². The smallest absolute Gasteiger partial charge is 0.0626 e. The number of hydrogen-bond acceptors (Lipinski definition) is 0. The Hall–Kier alpha value is -0.780. The lowest BCUT2D eigenvalue weighted by Gasteiger charge is -1.96. The third kappa shape index (κ3) is 2.22. The second-order valence-electron chi connectivity index (χ2n) is 1.38. The summed E-state index contributed by atoms with van der Waals surface area (Å²) in [7, 11) is 0. The second-order valence-corrected chi connectivity index (χ2v) is 1.38. The largest absolute Gasteiger partial charge is 0.0654 e. The maximum atomic E-state index is 7.88. The highest BCUT2D eigenvalue weighted by molar-refractivity contribution is 5.14. The minimum atomic E-state index is -3.72. The van der Waals surface area contributed by atoms with Crippen LogP contribution in [0.2, 0.25) is 0 Å². The van der Waals surface area contributed by atoms with E-state index in [1.54, 1.807) is 0 Å². The molecule has 0 unspecified atom stereocenters. The van der Waals surface area contributed by atoms with E-state index in [-0.39, 0.29) is 0 Å². The fraction of sp³-hybridized carbons (Fsp3) is 0.400. The van der Waals surface area contributed by atoms with Gasteiger partial charge in [-0.05, 0) is 18.3 Å². The van der Waals surface area contributed by atoms with Gasteiger partial charge in [0.1, 0.15) is 0 Å². The lowest BCUT2D eigenvalue weighted by molar-refractivity contribution is 0.795. The molecular weight excluding hydrogens is 120 g/mol. The van der Waals surface area contributed by atoms with E-state index in [0.29, 0.717) is 0 Å². The summed E-state index contributed by atoms with van der Waals surface area (Å²) in [5.41, 5.74) is -1.13. The lowest BCUT2D eigenvalue weighted by atomic mass is 10.1. The van der Waals surface area contributed by atoms with Gasteiger partial charge in [0.2, 0.25) is 0 Å². The summed E-state index contributed by atoms with van der Waals surface area (Å²) in [5.74, 6) is 0. The highest BCUT2D eigenvalue weighted by Gasteiger charge is 1.87. The molecule has 0 spiro atoms. The first-order valence-electron chi connectivity index (χ1n) is 9.50. The summed E-state index contributed by atoms with van der Waals surface area (Å²) in [6.07, 6.45) is -10.9. The number of rotatable bonds is 3. The van der Waals surface area contributed by atoms with Crippen molar-refractivity contribution >= 4 is 0 Å². The van der Waals surface area contributed by atoms with Gasteiger partial charge in [0.15, 0.2) is 0 Å². The topological polar surface area (TPSA) is 0 Å². The standard InChI is InChI=1S/C10H14/c1-2-3-7-10-8-5-4-6-9-10/h4-6,8-9H,2-3,7H2,1H3/i1D3,2D2,3D2,4D,5D,6D,7D2,8D,9D. The van der Waals surface area contributed by atoms with Gasteiger partial charge in [0, 0.05) is 12.3 Å². The number of benzene rings is 1. The maximum Gasteiger partial charge on any atom is 0.0626 e. The zero-order valence-corrected chi connectivity index (χ0v) is 5.00. The molecule has 54 valence electrons. The van der Waals surface area contributed by atoms with Crippen LogP contribution in [-0.4, -0.2) is 0 Å². The zero-order chi connectivity index (χ0) is 19.5. The molecule has 0 aliphatic rings. The van der Waals surface area contributed by atoms with Gasteiger partial charge in [-0.25, -0.2) is 0 Å². The van der Waals surface area contributed by atoms with Crippen LogP contribution >= 0.6 is 0 Å². The van der Waals surface area contributed by atoms with Crippen molar-refractivity contribution in [2.45, 2.75) is 26.0 Å². The zero-order valence-electron chi connectivity index (χ0n) is 19.0. The van der Waals surface area contributed by atoms with Crippen LogP contribution in [0.1, 0.15) is 44.4 Å². The summed E-state index contributed by atoms with van der Waals surface area (Å²) in [6.45, 7) is -3.54. The van der Waals surface area contributed by atoms with Crippen LogP contribution in [0.25, 0.3) is 0 Å². The molecule has 0 amide bonds. The third-order valence-corrected chi connectivity index (χ3v) is 0.750. The van der Waals surface area contributed by atoms with Crippen molar-refractivity contribution < 1.29 is 19.2 Å². The summed E-state index contributed by atoms with van der Waals surface area (Å²) in [4.78, 5) is 0. The minimum absolute atomic E-state index is 0.830. The van der Waals surface area contributed by atoms with E-state index >= 15 is 0 Å². The Morgan fingerprint density at radius 1 is 1.50 bits per heavy atom. The molecule has 0 heteroatoms. The van der Waals surface area contributed by atoms with Gasteiger partial charge < -0.3 is 0 Å². The van der Waals surface area contributed by atoms with Gasteiger partial charge in [-0.3, -0.25) is 0 Å². The first-order chi connectivity index (χ1) is 10.4. The Morgan fingerprint density at radius 3 is 3.00 bits per heavy atom. The van der Waals surface area contributed by atoms with Gasteiger partial charge >= 0.3 is 0 Å². The summed E-state index contributed by atoms with van der Waals surface area (Å²) < 4.78 is 105. The molecule has 1 rings (SSSR count). The Labute approximate surface area is 82.6 Å². The molecule has 10 heavy (non-hydrogen) atoms. The van der Waals surface area contributed by atoms with Crippen LogP contribution in [0.15, 0.2) is 30.2 Å². The average molecular weight is 148 g/mol. The van der Waals surface area contributed by atoms with Crippen molar-refractivity contribution in [3.63, 3.8) is 0 Å². The summed E-state index contributed by atoms with van der Waals surface area (Å²) in [5, 5.41) is 0. The van der Waals surface area contributed by atoms with Crippen LogP contribution in [-0.2, 0) is 6.37 Å². The van der Waals surface area contributed by atoms with E-state index in [1.165, 1.54) is 0 Å². The van der Waals surface area contributed by atoms with Crippen molar-refractivity contribution in [3.05, 3.63) is 35.8 Å². The molecule has 1 aromatic rings. The van der Waals surface area contributed by atoms with E-state index in [1.807, 2.05) is 0 Å². The van der Waals surface area contributed by atoms with Crippen LogP contribution in [0.3, 0.4) is 0 Å². The molecule has 0 nitrogen and oxygen atoms in total. The Balaban J connectivity index is 3.80. The minimum Gasteiger partial charge on any atom is -0.0654 e. The fourth-order valence-electron chi connectivity index (χ4n) is 0.406. The van der Waals surface area contributed by atoms with E-state index in [9.17, 15) is 0 Å². The molecule has 0 N–H and O–H groups in total. The van der Waals surface area contributed by atoms with E-state index in [4.69, 9.17) is 19.2 Å². The Bertz CT molecular complexity index is 625. The highest BCUT2D eigenvalue weighted by Crippen LogP contribution is 2.03. The second kappa shape index (κ2) is 4.10. The van der Waals surface area contributed by atoms with Crippen molar-refractivity contribution in [2.24, 2.45) is 0 Å². The van der Waals surface area contributed by atoms with Crippen LogP contribution < -0.4 is 0 Å². The van der Waals surface area contributed by atoms with E-state index in [0.717, 1.165) is 0 Å². The summed E-state index contributed by atoms with van der Waals surface area (Å²) >= 11 is 0. The van der Waals surface area contributed by atoms with Crippen LogP contribution in [0.5, 0.6) is 0 Å². The molecular formula is C10H14. The molecule has 0 saturated heterocycles. The van der Waals surface area contributed by atoms with E-state index < -0.39 is 61.7 Å². The monoisotopic (exact) mass is 148 g/mol. The molecule has 0 atom stereocenters. The summed E-state index contributed by atoms with van der Waals surface area (Å²) in [6, 6.07) is -4.81.